The van der Waals surface area contributed by atoms with Gasteiger partial charge in [-0.1, -0.05) is 6.92 Å². The Hall–Kier alpha value is -1.43. The Morgan fingerprint density at radius 2 is 2.25 bits per heavy atom. The fraction of sp³-hybridized carbons (Fsp3) is 0.700. The van der Waals surface area contributed by atoms with E-state index in [1.54, 1.807) is 18.5 Å². The van der Waals surface area contributed by atoms with Crippen molar-refractivity contribution in [3.8, 4) is 0 Å². The number of aliphatic hydroxyl groups is 1. The van der Waals surface area contributed by atoms with Crippen molar-refractivity contribution in [1.29, 1.82) is 0 Å². The van der Waals surface area contributed by atoms with Crippen LogP contribution in [-0.4, -0.2) is 25.9 Å². The normalized spacial score (nSPS) is 12.8. The van der Waals surface area contributed by atoms with Gasteiger partial charge in [0.15, 0.2) is 0 Å². The Bertz CT molecular complexity index is 385. The van der Waals surface area contributed by atoms with Crippen molar-refractivity contribution in [3.05, 3.63) is 21.5 Å². The van der Waals surface area contributed by atoms with Crippen LogP contribution in [0.25, 0.3) is 0 Å². The van der Waals surface area contributed by atoms with Gasteiger partial charge in [0.2, 0.25) is 0 Å². The van der Waals surface area contributed by atoms with Crippen LogP contribution in [0.5, 0.6) is 0 Å². The number of hydrogen-bond donors (Lipinski definition) is 1. The molecule has 0 saturated heterocycles. The standard InChI is InChI=1S/C10H17N3O3/c1-4-5-12-9(6-7(2)14)10(13(15)16)8(3)11-12/h7,14H,4-6H2,1-3H3. The van der Waals surface area contributed by atoms with Crippen LogP contribution in [0, 0.1) is 17.0 Å². The molecule has 1 rings (SSSR count). The van der Waals surface area contributed by atoms with E-state index in [1.807, 2.05) is 6.92 Å². The van der Waals surface area contributed by atoms with Crippen LogP contribution in [0.2, 0.25) is 0 Å². The molecule has 0 amide bonds. The van der Waals surface area contributed by atoms with E-state index in [-0.39, 0.29) is 12.1 Å². The first-order valence-electron chi connectivity index (χ1n) is 5.36. The second-order valence-corrected chi connectivity index (χ2v) is 3.91. The molecule has 0 bridgehead atoms. The highest BCUT2D eigenvalue weighted by atomic mass is 16.6. The third-order valence-corrected chi connectivity index (χ3v) is 2.31. The van der Waals surface area contributed by atoms with Gasteiger partial charge in [-0.05, 0) is 20.3 Å². The maximum atomic E-state index is 10.9. The van der Waals surface area contributed by atoms with Gasteiger partial charge in [-0.2, -0.15) is 5.10 Å². The first kappa shape index (κ1) is 12.6. The third-order valence-electron chi connectivity index (χ3n) is 2.31. The molecule has 1 N–H and O–H groups in total. The van der Waals surface area contributed by atoms with Crippen molar-refractivity contribution >= 4 is 5.69 Å². The van der Waals surface area contributed by atoms with Gasteiger partial charge in [0.25, 0.3) is 0 Å². The van der Waals surface area contributed by atoms with Crippen LogP contribution in [0.1, 0.15) is 31.7 Å². The van der Waals surface area contributed by atoms with Crippen LogP contribution in [-0.2, 0) is 13.0 Å². The van der Waals surface area contributed by atoms with Gasteiger partial charge in [0.05, 0.1) is 11.0 Å². The summed E-state index contributed by atoms with van der Waals surface area (Å²) in [6, 6.07) is 0. The van der Waals surface area contributed by atoms with E-state index in [0.29, 0.717) is 17.9 Å². The summed E-state index contributed by atoms with van der Waals surface area (Å²) in [7, 11) is 0. The van der Waals surface area contributed by atoms with Gasteiger partial charge in [-0.25, -0.2) is 0 Å². The summed E-state index contributed by atoms with van der Waals surface area (Å²) in [5.41, 5.74) is 0.961. The summed E-state index contributed by atoms with van der Waals surface area (Å²) in [5.74, 6) is 0. The molecule has 1 aromatic rings. The van der Waals surface area contributed by atoms with Crippen LogP contribution in [0.4, 0.5) is 5.69 Å². The SMILES string of the molecule is CCCn1nc(C)c([N+](=O)[O-])c1CC(C)O. The highest BCUT2D eigenvalue weighted by Gasteiger charge is 2.25. The molecule has 16 heavy (non-hydrogen) atoms. The van der Waals surface area contributed by atoms with Gasteiger partial charge < -0.3 is 5.11 Å². The van der Waals surface area contributed by atoms with E-state index in [9.17, 15) is 15.2 Å². The Labute approximate surface area is 94.0 Å². The van der Waals surface area contributed by atoms with Gasteiger partial charge in [0.1, 0.15) is 11.4 Å². The molecule has 1 atom stereocenters. The molecule has 0 saturated carbocycles. The van der Waals surface area contributed by atoms with E-state index in [0.717, 1.165) is 6.42 Å². The van der Waals surface area contributed by atoms with Crippen molar-refractivity contribution in [2.24, 2.45) is 0 Å². The zero-order valence-corrected chi connectivity index (χ0v) is 9.80. The van der Waals surface area contributed by atoms with Crippen molar-refractivity contribution in [2.75, 3.05) is 0 Å². The van der Waals surface area contributed by atoms with Crippen molar-refractivity contribution < 1.29 is 10.0 Å². The quantitative estimate of drug-likeness (QED) is 0.609. The largest absolute Gasteiger partial charge is 0.393 e. The van der Waals surface area contributed by atoms with Crippen molar-refractivity contribution in [3.63, 3.8) is 0 Å². The van der Waals surface area contributed by atoms with E-state index in [4.69, 9.17) is 0 Å². The summed E-state index contributed by atoms with van der Waals surface area (Å²) >= 11 is 0. The number of hydrogen-bond acceptors (Lipinski definition) is 4. The summed E-state index contributed by atoms with van der Waals surface area (Å²) in [5, 5.41) is 24.4. The number of nitrogens with zero attached hydrogens (tertiary/aromatic N) is 3. The van der Waals surface area contributed by atoms with Gasteiger partial charge in [0, 0.05) is 13.0 Å². The minimum Gasteiger partial charge on any atom is -0.393 e. The average molecular weight is 227 g/mol. The minimum absolute atomic E-state index is 0.0364. The fourth-order valence-electron chi connectivity index (χ4n) is 1.74. The second-order valence-electron chi connectivity index (χ2n) is 3.91. The smallest absolute Gasteiger partial charge is 0.313 e. The fourth-order valence-corrected chi connectivity index (χ4v) is 1.74. The van der Waals surface area contributed by atoms with Crippen LogP contribution in [0.15, 0.2) is 0 Å². The summed E-state index contributed by atoms with van der Waals surface area (Å²) in [6.07, 6.45) is 0.507. The molecule has 0 fully saturated rings. The molecule has 0 spiro atoms. The highest BCUT2D eigenvalue weighted by Crippen LogP contribution is 2.24. The van der Waals surface area contributed by atoms with Gasteiger partial charge >= 0.3 is 5.69 Å². The van der Waals surface area contributed by atoms with Crippen molar-refractivity contribution in [2.45, 2.75) is 46.3 Å². The van der Waals surface area contributed by atoms with Gasteiger partial charge in [-0.15, -0.1) is 0 Å². The molecule has 0 aliphatic rings. The summed E-state index contributed by atoms with van der Waals surface area (Å²) < 4.78 is 1.63. The van der Waals surface area contributed by atoms with Crippen LogP contribution in [0.3, 0.4) is 0 Å². The van der Waals surface area contributed by atoms with E-state index >= 15 is 0 Å². The Morgan fingerprint density at radius 3 is 2.69 bits per heavy atom. The molecule has 6 nitrogen and oxygen atoms in total. The Morgan fingerprint density at radius 1 is 1.62 bits per heavy atom. The minimum atomic E-state index is -0.606. The molecule has 1 unspecified atom stereocenters. The highest BCUT2D eigenvalue weighted by molar-refractivity contribution is 5.40. The number of nitro groups is 1. The molecule has 0 radical (unpaired) electrons. The maximum Gasteiger partial charge on any atom is 0.313 e. The molecule has 90 valence electrons. The lowest BCUT2D eigenvalue weighted by molar-refractivity contribution is -0.386. The molecule has 6 heteroatoms. The summed E-state index contributed by atoms with van der Waals surface area (Å²) in [4.78, 5) is 10.5. The number of aromatic nitrogens is 2. The maximum absolute atomic E-state index is 10.9. The van der Waals surface area contributed by atoms with Crippen LogP contribution < -0.4 is 0 Å². The number of aliphatic hydroxyl groups excluding tert-OH is 1. The zero-order chi connectivity index (χ0) is 12.3. The zero-order valence-electron chi connectivity index (χ0n) is 9.80. The summed E-state index contributed by atoms with van der Waals surface area (Å²) in [6.45, 7) is 5.85. The second kappa shape index (κ2) is 5.07. The lowest BCUT2D eigenvalue weighted by Crippen LogP contribution is -2.12. The molecule has 1 aromatic heterocycles. The monoisotopic (exact) mass is 227 g/mol. The van der Waals surface area contributed by atoms with E-state index in [1.165, 1.54) is 0 Å². The first-order chi connectivity index (χ1) is 7.47. The predicted molar refractivity (Wildman–Crippen MR) is 59.3 cm³/mol. The lowest BCUT2D eigenvalue weighted by Gasteiger charge is -2.06. The lowest BCUT2D eigenvalue weighted by atomic mass is 10.2. The molecule has 1 heterocycles. The number of aryl methyl sites for hydroxylation is 2. The predicted octanol–water partition coefficient (Wildman–Crippen LogP) is 1.43. The topological polar surface area (TPSA) is 81.2 Å². The first-order valence-corrected chi connectivity index (χ1v) is 5.36. The molecular formula is C10H17N3O3. The van der Waals surface area contributed by atoms with Gasteiger partial charge in [-0.3, -0.25) is 14.8 Å². The molecule has 0 aliphatic heterocycles. The molecule has 0 aliphatic carbocycles. The average Bonchev–Trinajstić information content (AvgIpc) is 2.42. The van der Waals surface area contributed by atoms with E-state index < -0.39 is 11.0 Å². The number of rotatable bonds is 5. The molecular weight excluding hydrogens is 210 g/mol. The Kier molecular flexibility index (Phi) is 4.00. The Balaban J connectivity index is 3.19. The molecule has 0 aromatic carbocycles. The van der Waals surface area contributed by atoms with E-state index in [2.05, 4.69) is 5.10 Å². The van der Waals surface area contributed by atoms with Crippen LogP contribution >= 0.6 is 0 Å². The van der Waals surface area contributed by atoms with Crippen molar-refractivity contribution in [1.82, 2.24) is 9.78 Å². The third kappa shape index (κ3) is 2.57.